The molecule has 0 amide bonds. The first kappa shape index (κ1) is 18.7. The number of alkyl halides is 6. The van der Waals surface area contributed by atoms with E-state index in [9.17, 15) is 26.3 Å². The molecule has 0 radical (unpaired) electrons. The van der Waals surface area contributed by atoms with Crippen LogP contribution in [0.25, 0.3) is 5.57 Å². The molecule has 0 fully saturated rings. The van der Waals surface area contributed by atoms with Crippen LogP contribution in [-0.2, 0) is 12.4 Å². The standard InChI is InChI=1S/C12H5BrF6N6/c13-8-1-6(11(14,15)16)7(12(17,18)19)2-9(8)21-4-5(3-20)10-22-24-25-23-10/h1-2,4,21H,(H,22,23,24,25). The Kier molecular flexibility index (Phi) is 5.02. The molecule has 25 heavy (non-hydrogen) atoms. The van der Waals surface area contributed by atoms with E-state index >= 15 is 0 Å². The van der Waals surface area contributed by atoms with Crippen molar-refractivity contribution in [1.29, 1.82) is 5.26 Å². The summed E-state index contributed by atoms with van der Waals surface area (Å²) in [6.07, 6.45) is -9.47. The molecular weight excluding hydrogens is 422 g/mol. The number of hydrogen-bond donors (Lipinski definition) is 2. The SMILES string of the molecule is N#CC(=CNc1cc(C(F)(F)F)c(C(F)(F)F)cc1Br)c1nn[nH]n1. The maximum absolute atomic E-state index is 12.9. The quantitative estimate of drug-likeness (QED) is 0.572. The van der Waals surface area contributed by atoms with Gasteiger partial charge in [0.1, 0.15) is 11.6 Å². The van der Waals surface area contributed by atoms with Crippen LogP contribution < -0.4 is 5.32 Å². The van der Waals surface area contributed by atoms with Crippen LogP contribution in [-0.4, -0.2) is 20.6 Å². The Labute approximate surface area is 143 Å². The molecule has 0 aliphatic carbocycles. The summed E-state index contributed by atoms with van der Waals surface area (Å²) in [5.74, 6) is -0.144. The van der Waals surface area contributed by atoms with Crippen molar-refractivity contribution in [2.24, 2.45) is 0 Å². The fourth-order valence-corrected chi connectivity index (χ4v) is 2.18. The molecule has 0 bridgehead atoms. The normalized spacial score (nSPS) is 12.8. The van der Waals surface area contributed by atoms with E-state index in [1.165, 1.54) is 0 Å². The van der Waals surface area contributed by atoms with Crippen molar-refractivity contribution in [3.8, 4) is 6.07 Å². The van der Waals surface area contributed by atoms with Crippen molar-refractivity contribution in [3.63, 3.8) is 0 Å². The number of halogens is 7. The minimum absolute atomic E-state index is 0.144. The number of rotatable bonds is 3. The van der Waals surface area contributed by atoms with Crippen molar-refractivity contribution < 1.29 is 26.3 Å². The molecule has 0 unspecified atom stereocenters. The van der Waals surface area contributed by atoms with E-state index in [1.54, 1.807) is 6.07 Å². The third-order valence-electron chi connectivity index (χ3n) is 2.80. The lowest BCUT2D eigenvalue weighted by Gasteiger charge is -2.18. The van der Waals surface area contributed by atoms with Crippen molar-refractivity contribution in [1.82, 2.24) is 20.6 Å². The van der Waals surface area contributed by atoms with Crippen molar-refractivity contribution in [2.75, 3.05) is 5.32 Å². The summed E-state index contributed by atoms with van der Waals surface area (Å²) in [5, 5.41) is 23.6. The third-order valence-corrected chi connectivity index (χ3v) is 3.45. The lowest BCUT2D eigenvalue weighted by atomic mass is 10.1. The van der Waals surface area contributed by atoms with Gasteiger partial charge in [-0.1, -0.05) is 0 Å². The minimum atomic E-state index is -5.22. The number of tetrazole rings is 1. The number of nitriles is 1. The van der Waals surface area contributed by atoms with E-state index in [0.29, 0.717) is 6.07 Å². The number of H-pyrrole nitrogens is 1. The van der Waals surface area contributed by atoms with Gasteiger partial charge < -0.3 is 5.32 Å². The number of aromatic nitrogens is 4. The first-order chi connectivity index (χ1) is 11.5. The van der Waals surface area contributed by atoms with E-state index in [2.05, 4.69) is 41.9 Å². The molecule has 2 N–H and O–H groups in total. The second-order valence-electron chi connectivity index (χ2n) is 4.42. The van der Waals surface area contributed by atoms with Crippen LogP contribution in [0.5, 0.6) is 0 Å². The molecule has 0 saturated carbocycles. The van der Waals surface area contributed by atoms with Gasteiger partial charge in [0, 0.05) is 10.7 Å². The van der Waals surface area contributed by atoms with Gasteiger partial charge in [-0.05, 0) is 33.3 Å². The fourth-order valence-electron chi connectivity index (χ4n) is 1.73. The highest BCUT2D eigenvalue weighted by Gasteiger charge is 2.43. The molecule has 2 rings (SSSR count). The van der Waals surface area contributed by atoms with Gasteiger partial charge in [0.25, 0.3) is 0 Å². The number of nitrogens with one attached hydrogen (secondary N) is 2. The number of anilines is 1. The van der Waals surface area contributed by atoms with Gasteiger partial charge in [0.05, 0.1) is 16.8 Å². The second-order valence-corrected chi connectivity index (χ2v) is 5.28. The molecular formula is C12H5BrF6N6. The summed E-state index contributed by atoms with van der Waals surface area (Å²) in [4.78, 5) is 0. The Morgan fingerprint density at radius 3 is 2.24 bits per heavy atom. The van der Waals surface area contributed by atoms with E-state index in [4.69, 9.17) is 5.26 Å². The van der Waals surface area contributed by atoms with Gasteiger partial charge in [-0.2, -0.15) is 36.8 Å². The Bertz CT molecular complexity index is 834. The van der Waals surface area contributed by atoms with Crippen LogP contribution in [0.2, 0.25) is 0 Å². The smallest absolute Gasteiger partial charge is 0.359 e. The first-order valence-corrected chi connectivity index (χ1v) is 6.92. The maximum atomic E-state index is 12.9. The van der Waals surface area contributed by atoms with Gasteiger partial charge in [-0.25, -0.2) is 0 Å². The molecule has 0 atom stereocenters. The van der Waals surface area contributed by atoms with E-state index in [0.717, 1.165) is 6.20 Å². The number of benzene rings is 1. The Morgan fingerprint density at radius 1 is 1.16 bits per heavy atom. The van der Waals surface area contributed by atoms with E-state index in [1.807, 2.05) is 0 Å². The van der Waals surface area contributed by atoms with Gasteiger partial charge in [0.2, 0.25) is 5.82 Å². The number of nitrogens with zero attached hydrogens (tertiary/aromatic N) is 4. The molecule has 132 valence electrons. The highest BCUT2D eigenvalue weighted by Crippen LogP contribution is 2.43. The van der Waals surface area contributed by atoms with E-state index in [-0.39, 0.29) is 27.6 Å². The molecule has 0 spiro atoms. The van der Waals surface area contributed by atoms with Crippen LogP contribution in [0.3, 0.4) is 0 Å². The monoisotopic (exact) mass is 426 g/mol. The maximum Gasteiger partial charge on any atom is 0.417 e. The van der Waals surface area contributed by atoms with Gasteiger partial charge in [-0.3, -0.25) is 0 Å². The molecule has 13 heteroatoms. The van der Waals surface area contributed by atoms with Crippen molar-refractivity contribution in [2.45, 2.75) is 12.4 Å². The molecule has 2 aromatic rings. The average Bonchev–Trinajstić information content (AvgIpc) is 3.01. The van der Waals surface area contributed by atoms with Crippen LogP contribution in [0.15, 0.2) is 22.8 Å². The first-order valence-electron chi connectivity index (χ1n) is 6.12. The summed E-state index contributed by atoms with van der Waals surface area (Å²) in [6.45, 7) is 0. The van der Waals surface area contributed by atoms with Crippen LogP contribution >= 0.6 is 15.9 Å². The molecule has 0 saturated heterocycles. The average molecular weight is 427 g/mol. The molecule has 1 aromatic heterocycles. The summed E-state index contributed by atoms with van der Waals surface area (Å²) >= 11 is 2.77. The third kappa shape index (κ3) is 4.27. The number of aromatic amines is 1. The van der Waals surface area contributed by atoms with Crippen molar-refractivity contribution >= 4 is 27.2 Å². The summed E-state index contributed by atoms with van der Waals surface area (Å²) in [7, 11) is 0. The lowest BCUT2D eigenvalue weighted by molar-refractivity contribution is -0.162. The molecule has 0 aliphatic rings. The number of allylic oxidation sites excluding steroid dienone is 1. The summed E-state index contributed by atoms with van der Waals surface area (Å²) in [5.41, 5.74) is -4.23. The lowest BCUT2D eigenvalue weighted by Crippen LogP contribution is -2.17. The van der Waals surface area contributed by atoms with Gasteiger partial charge >= 0.3 is 12.4 Å². The summed E-state index contributed by atoms with van der Waals surface area (Å²) in [6, 6.07) is 2.26. The van der Waals surface area contributed by atoms with Crippen molar-refractivity contribution in [3.05, 3.63) is 39.8 Å². The minimum Gasteiger partial charge on any atom is -0.359 e. The Morgan fingerprint density at radius 2 is 1.76 bits per heavy atom. The predicted octanol–water partition coefficient (Wildman–Crippen LogP) is 3.98. The zero-order valence-corrected chi connectivity index (χ0v) is 13.3. The Balaban J connectivity index is 2.48. The summed E-state index contributed by atoms with van der Waals surface area (Å²) < 4.78 is 77.0. The Hall–Kier alpha value is -2.62. The highest BCUT2D eigenvalue weighted by molar-refractivity contribution is 9.10. The molecule has 0 aliphatic heterocycles. The molecule has 6 nitrogen and oxygen atoms in total. The molecule has 1 aromatic carbocycles. The van der Waals surface area contributed by atoms with Crippen LogP contribution in [0, 0.1) is 11.3 Å². The molecule has 1 heterocycles. The second kappa shape index (κ2) is 6.71. The van der Waals surface area contributed by atoms with Crippen LogP contribution in [0.1, 0.15) is 17.0 Å². The van der Waals surface area contributed by atoms with Crippen LogP contribution in [0.4, 0.5) is 32.0 Å². The highest BCUT2D eigenvalue weighted by atomic mass is 79.9. The predicted molar refractivity (Wildman–Crippen MR) is 75.5 cm³/mol. The van der Waals surface area contributed by atoms with E-state index < -0.39 is 23.5 Å². The zero-order valence-electron chi connectivity index (χ0n) is 11.7. The van der Waals surface area contributed by atoms with Gasteiger partial charge in [-0.15, -0.1) is 10.2 Å². The number of hydrogen-bond acceptors (Lipinski definition) is 5. The largest absolute Gasteiger partial charge is 0.417 e. The fraction of sp³-hybridized carbons (Fsp3) is 0.167. The zero-order chi connectivity index (χ0) is 18.8. The topological polar surface area (TPSA) is 90.3 Å². The van der Waals surface area contributed by atoms with Gasteiger partial charge in [0.15, 0.2) is 0 Å².